The van der Waals surface area contributed by atoms with Crippen LogP contribution < -0.4 is 10.9 Å². The highest BCUT2D eigenvalue weighted by Crippen LogP contribution is 1.78. The molecule has 0 saturated heterocycles. The zero-order valence-electron chi connectivity index (χ0n) is 6.55. The molecule has 4 nitrogen and oxygen atoms in total. The van der Waals surface area contributed by atoms with Crippen LogP contribution in [0.3, 0.4) is 0 Å². The first kappa shape index (κ1) is 9.39. The molecule has 0 heterocycles. The van der Waals surface area contributed by atoms with Crippen LogP contribution in [0.1, 0.15) is 6.42 Å². The van der Waals surface area contributed by atoms with Gasteiger partial charge in [-0.05, 0) is 27.1 Å². The maximum absolute atomic E-state index is 9.72. The fourth-order valence-corrected chi connectivity index (χ4v) is 0.598. The van der Waals surface area contributed by atoms with Crippen LogP contribution >= 0.6 is 0 Å². The maximum atomic E-state index is 9.72. The molecule has 4 heteroatoms. The van der Waals surface area contributed by atoms with E-state index in [9.17, 15) is 4.79 Å². The fraction of sp³-hybridized carbons (Fsp3) is 0.833. The summed E-state index contributed by atoms with van der Waals surface area (Å²) >= 11 is 0. The van der Waals surface area contributed by atoms with Crippen molar-refractivity contribution in [1.29, 1.82) is 0 Å². The smallest absolute Gasteiger partial charge is 0.221 e. The van der Waals surface area contributed by atoms with E-state index < -0.39 is 0 Å². The van der Waals surface area contributed by atoms with E-state index in [1.165, 1.54) is 0 Å². The zero-order chi connectivity index (χ0) is 7.82. The average molecular weight is 145 g/mol. The SMILES string of the molecule is CN(C)CCCNNC=O. The lowest BCUT2D eigenvalue weighted by Crippen LogP contribution is -2.32. The number of hydrazine groups is 1. The molecule has 0 spiro atoms. The molecule has 10 heavy (non-hydrogen) atoms. The third kappa shape index (κ3) is 7.39. The lowest BCUT2D eigenvalue weighted by Gasteiger charge is -2.08. The Morgan fingerprint density at radius 1 is 1.50 bits per heavy atom. The molecule has 0 saturated carbocycles. The highest BCUT2D eigenvalue weighted by molar-refractivity contribution is 5.44. The second-order valence-corrected chi connectivity index (χ2v) is 2.35. The van der Waals surface area contributed by atoms with Gasteiger partial charge in [0, 0.05) is 6.54 Å². The van der Waals surface area contributed by atoms with Crippen molar-refractivity contribution in [2.45, 2.75) is 6.42 Å². The molecule has 0 radical (unpaired) electrons. The highest BCUT2D eigenvalue weighted by Gasteiger charge is 1.87. The van der Waals surface area contributed by atoms with Gasteiger partial charge in [-0.2, -0.15) is 0 Å². The molecule has 60 valence electrons. The van der Waals surface area contributed by atoms with Crippen molar-refractivity contribution in [3.05, 3.63) is 0 Å². The quantitative estimate of drug-likeness (QED) is 0.292. The van der Waals surface area contributed by atoms with E-state index >= 15 is 0 Å². The Kier molecular flexibility index (Phi) is 6.11. The molecule has 0 atom stereocenters. The summed E-state index contributed by atoms with van der Waals surface area (Å²) in [6.45, 7) is 1.85. The number of amides is 1. The molecule has 0 unspecified atom stereocenters. The first-order chi connectivity index (χ1) is 4.77. The van der Waals surface area contributed by atoms with Crippen molar-refractivity contribution in [3.63, 3.8) is 0 Å². The third-order valence-electron chi connectivity index (χ3n) is 1.07. The number of hydrogen-bond acceptors (Lipinski definition) is 3. The fourth-order valence-electron chi connectivity index (χ4n) is 0.598. The molecule has 1 amide bonds. The largest absolute Gasteiger partial charge is 0.309 e. The molecular formula is C6H15N3O. The van der Waals surface area contributed by atoms with Crippen LogP contribution in [0.25, 0.3) is 0 Å². The molecule has 0 aromatic carbocycles. The molecule has 0 rings (SSSR count). The van der Waals surface area contributed by atoms with Gasteiger partial charge in [-0.15, -0.1) is 0 Å². The van der Waals surface area contributed by atoms with E-state index in [1.807, 2.05) is 14.1 Å². The van der Waals surface area contributed by atoms with Crippen LogP contribution in [0.2, 0.25) is 0 Å². The van der Waals surface area contributed by atoms with Crippen molar-refractivity contribution in [2.24, 2.45) is 0 Å². The van der Waals surface area contributed by atoms with Crippen molar-refractivity contribution < 1.29 is 4.79 Å². The van der Waals surface area contributed by atoms with E-state index in [0.29, 0.717) is 6.41 Å². The summed E-state index contributed by atoms with van der Waals surface area (Å²) in [5.41, 5.74) is 5.12. The summed E-state index contributed by atoms with van der Waals surface area (Å²) in [5.74, 6) is 0. The summed E-state index contributed by atoms with van der Waals surface area (Å²) < 4.78 is 0. The molecule has 0 aliphatic heterocycles. The van der Waals surface area contributed by atoms with Crippen LogP contribution in [-0.2, 0) is 4.79 Å². The predicted molar refractivity (Wildman–Crippen MR) is 40.4 cm³/mol. The average Bonchev–Trinajstić information content (AvgIpc) is 1.87. The van der Waals surface area contributed by atoms with E-state index in [4.69, 9.17) is 0 Å². The molecule has 2 N–H and O–H groups in total. The Morgan fingerprint density at radius 2 is 2.20 bits per heavy atom. The molecular weight excluding hydrogens is 130 g/mol. The van der Waals surface area contributed by atoms with Crippen LogP contribution in [0.5, 0.6) is 0 Å². The van der Waals surface area contributed by atoms with Gasteiger partial charge in [-0.25, -0.2) is 5.43 Å². The lowest BCUT2D eigenvalue weighted by molar-refractivity contribution is -0.110. The predicted octanol–water partition coefficient (Wildman–Crippen LogP) is -0.811. The first-order valence-electron chi connectivity index (χ1n) is 3.34. The minimum Gasteiger partial charge on any atom is -0.309 e. The van der Waals surface area contributed by atoms with Crippen LogP contribution in [0, 0.1) is 0 Å². The van der Waals surface area contributed by atoms with Crippen molar-refractivity contribution in [1.82, 2.24) is 15.8 Å². The minimum atomic E-state index is 0.635. The Morgan fingerprint density at radius 3 is 2.70 bits per heavy atom. The highest BCUT2D eigenvalue weighted by atomic mass is 16.1. The van der Waals surface area contributed by atoms with Crippen LogP contribution in [0.4, 0.5) is 0 Å². The van der Waals surface area contributed by atoms with E-state index in [-0.39, 0.29) is 0 Å². The van der Waals surface area contributed by atoms with Gasteiger partial charge >= 0.3 is 0 Å². The Bertz CT molecular complexity index is 85.1. The molecule has 0 bridgehead atoms. The summed E-state index contributed by atoms with van der Waals surface area (Å²) in [7, 11) is 4.04. The lowest BCUT2D eigenvalue weighted by atomic mass is 10.4. The third-order valence-corrected chi connectivity index (χ3v) is 1.07. The summed E-state index contributed by atoms with van der Waals surface area (Å²) in [5, 5.41) is 0. The van der Waals surface area contributed by atoms with Crippen molar-refractivity contribution >= 4 is 6.41 Å². The second kappa shape index (κ2) is 6.51. The minimum absolute atomic E-state index is 0.635. The summed E-state index contributed by atoms with van der Waals surface area (Å²) in [4.78, 5) is 11.8. The van der Waals surface area contributed by atoms with Gasteiger partial charge in [0.1, 0.15) is 0 Å². The van der Waals surface area contributed by atoms with Crippen molar-refractivity contribution in [3.8, 4) is 0 Å². The zero-order valence-corrected chi connectivity index (χ0v) is 6.55. The van der Waals surface area contributed by atoms with Gasteiger partial charge in [0.25, 0.3) is 0 Å². The van der Waals surface area contributed by atoms with E-state index in [1.54, 1.807) is 0 Å². The molecule has 0 aliphatic rings. The molecule has 0 fully saturated rings. The Labute approximate surface area is 61.6 Å². The summed E-state index contributed by atoms with van der Waals surface area (Å²) in [6, 6.07) is 0. The van der Waals surface area contributed by atoms with E-state index in [2.05, 4.69) is 15.8 Å². The van der Waals surface area contributed by atoms with Gasteiger partial charge in [0.05, 0.1) is 0 Å². The Hall–Kier alpha value is -0.610. The van der Waals surface area contributed by atoms with Gasteiger partial charge in [0.2, 0.25) is 6.41 Å². The normalized spacial score (nSPS) is 9.90. The van der Waals surface area contributed by atoms with Crippen LogP contribution in [0.15, 0.2) is 0 Å². The first-order valence-corrected chi connectivity index (χ1v) is 3.34. The number of rotatable bonds is 6. The Balaban J connectivity index is 2.83. The standard InChI is InChI=1S/C6H15N3O/c1-9(2)5-3-4-7-8-6-10/h6-7H,3-5H2,1-2H3,(H,8,10). The number of carbonyl (C=O) groups excluding carboxylic acids is 1. The molecule has 0 aromatic rings. The van der Waals surface area contributed by atoms with Gasteiger partial charge in [0.15, 0.2) is 0 Å². The number of carbonyl (C=O) groups is 1. The second-order valence-electron chi connectivity index (χ2n) is 2.35. The van der Waals surface area contributed by atoms with Crippen LogP contribution in [-0.4, -0.2) is 38.5 Å². The number of nitrogens with one attached hydrogen (secondary N) is 2. The maximum Gasteiger partial charge on any atom is 0.221 e. The molecule has 0 aliphatic carbocycles. The van der Waals surface area contributed by atoms with E-state index in [0.717, 1.165) is 19.5 Å². The topological polar surface area (TPSA) is 44.4 Å². The number of nitrogens with zero attached hydrogens (tertiary/aromatic N) is 1. The monoisotopic (exact) mass is 145 g/mol. The van der Waals surface area contributed by atoms with Gasteiger partial charge < -0.3 is 4.90 Å². The number of hydrogen-bond donors (Lipinski definition) is 2. The van der Waals surface area contributed by atoms with Crippen molar-refractivity contribution in [2.75, 3.05) is 27.2 Å². The van der Waals surface area contributed by atoms with Gasteiger partial charge in [-0.3, -0.25) is 10.2 Å². The van der Waals surface area contributed by atoms with Gasteiger partial charge in [-0.1, -0.05) is 0 Å². The molecule has 0 aromatic heterocycles. The summed E-state index contributed by atoms with van der Waals surface area (Å²) in [6.07, 6.45) is 1.67.